The highest BCUT2D eigenvalue weighted by molar-refractivity contribution is 9.10. The van der Waals surface area contributed by atoms with Crippen molar-refractivity contribution in [3.05, 3.63) is 34.3 Å². The SMILES string of the molecule is CC(C)C[C@@H]1NC(=O)[C@@H](Cc2ccc(Br)cc2)NC(=O)[C@H](CCNC(=O)OC(C)(C)C)NC(=O)[C@@H](N)CCNC(=O)[C@H](C(C)O)NC(=O)[C@H](CCNC(=O)OC(C)(C)C)NC(=O)[C@H](CCNC(=O)OC(C)(C)C)NC1=O. The summed E-state index contributed by atoms with van der Waals surface area (Å²) in [5, 5.41) is 36.4. The van der Waals surface area contributed by atoms with Gasteiger partial charge in [-0.15, -0.1) is 0 Å². The van der Waals surface area contributed by atoms with Gasteiger partial charge in [-0.25, -0.2) is 14.4 Å². The molecule has 1 unspecified atom stereocenters. The maximum atomic E-state index is 14.5. The first-order valence-electron chi connectivity index (χ1n) is 25.3. The summed E-state index contributed by atoms with van der Waals surface area (Å²) in [4.78, 5) is 137. The molecule has 1 saturated heterocycles. The van der Waals surface area contributed by atoms with E-state index in [1.165, 1.54) is 6.92 Å². The summed E-state index contributed by atoms with van der Waals surface area (Å²) in [5.41, 5.74) is 4.20. The van der Waals surface area contributed by atoms with Crippen molar-refractivity contribution in [2.75, 3.05) is 26.2 Å². The molecule has 1 aliphatic rings. The molecule has 76 heavy (non-hydrogen) atoms. The highest BCUT2D eigenvalue weighted by Crippen LogP contribution is 2.15. The van der Waals surface area contributed by atoms with Gasteiger partial charge in [0.05, 0.1) is 12.1 Å². The Morgan fingerprint density at radius 2 is 0.934 bits per heavy atom. The second kappa shape index (κ2) is 30.5. The van der Waals surface area contributed by atoms with Crippen molar-refractivity contribution < 1.29 is 67.3 Å². The van der Waals surface area contributed by atoms with Crippen LogP contribution in [0.15, 0.2) is 28.7 Å². The molecule has 0 saturated carbocycles. The second-order valence-corrected chi connectivity index (χ2v) is 22.7. The van der Waals surface area contributed by atoms with Crippen LogP contribution in [0.1, 0.15) is 121 Å². The summed E-state index contributed by atoms with van der Waals surface area (Å²) >= 11 is 3.39. The fraction of sp³-hybridized carbons (Fsp3) is 0.680. The summed E-state index contributed by atoms with van der Waals surface area (Å²) in [7, 11) is 0. The van der Waals surface area contributed by atoms with Gasteiger partial charge >= 0.3 is 18.3 Å². The number of hydrogen-bond acceptors (Lipinski definition) is 15. The zero-order valence-corrected chi connectivity index (χ0v) is 47.4. The summed E-state index contributed by atoms with van der Waals surface area (Å²) < 4.78 is 16.7. The fourth-order valence-corrected chi connectivity index (χ4v) is 7.36. The van der Waals surface area contributed by atoms with Crippen LogP contribution in [0.4, 0.5) is 14.4 Å². The van der Waals surface area contributed by atoms with Crippen LogP contribution in [0.2, 0.25) is 0 Å². The number of benzene rings is 1. The van der Waals surface area contributed by atoms with Crippen LogP contribution < -0.4 is 58.9 Å². The molecule has 2 rings (SSSR count). The summed E-state index contributed by atoms with van der Waals surface area (Å²) in [6, 6.07) is -3.49. The fourth-order valence-electron chi connectivity index (χ4n) is 7.09. The minimum atomic E-state index is -1.65. The molecule has 1 fully saturated rings. The Kier molecular flexibility index (Phi) is 26.4. The number of halogens is 1. The predicted octanol–water partition coefficient (Wildman–Crippen LogP) is 0.919. The number of nitrogens with one attached hydrogen (secondary N) is 10. The van der Waals surface area contributed by atoms with Gasteiger partial charge in [-0.05, 0) is 125 Å². The Bertz CT molecular complexity index is 2160. The molecule has 10 amide bonds. The third kappa shape index (κ3) is 26.5. The third-order valence-electron chi connectivity index (χ3n) is 10.7. The minimum Gasteiger partial charge on any atom is -0.444 e. The quantitative estimate of drug-likeness (QED) is 0.115. The average Bonchev–Trinajstić information content (AvgIpc) is 3.27. The van der Waals surface area contributed by atoms with Crippen molar-refractivity contribution in [2.24, 2.45) is 11.7 Å². The van der Waals surface area contributed by atoms with E-state index in [2.05, 4.69) is 69.1 Å². The van der Waals surface area contributed by atoms with Crippen molar-refractivity contribution in [1.29, 1.82) is 0 Å². The van der Waals surface area contributed by atoms with Crippen LogP contribution in [0.25, 0.3) is 0 Å². The van der Waals surface area contributed by atoms with E-state index in [0.717, 1.165) is 4.47 Å². The molecule has 13 N–H and O–H groups in total. The number of aliphatic hydroxyl groups excluding tert-OH is 1. The number of carbonyl (C=O) groups is 10. The van der Waals surface area contributed by atoms with Gasteiger partial charge in [0, 0.05) is 37.1 Å². The number of aliphatic hydroxyl groups is 1. The molecule has 1 aromatic carbocycles. The number of alkyl carbamates (subject to hydrolysis) is 3. The first kappa shape index (κ1) is 65.8. The lowest BCUT2D eigenvalue weighted by Crippen LogP contribution is -2.61. The molecule has 0 bridgehead atoms. The van der Waals surface area contributed by atoms with E-state index in [0.29, 0.717) is 5.56 Å². The number of ether oxygens (including phenoxy) is 3. The Hall–Kier alpha value is -6.28. The van der Waals surface area contributed by atoms with E-state index >= 15 is 0 Å². The Balaban J connectivity index is 2.77. The molecule has 1 aromatic rings. The number of nitrogens with two attached hydrogens (primary N) is 1. The van der Waals surface area contributed by atoms with Gasteiger partial charge in [0.1, 0.15) is 53.1 Å². The maximum Gasteiger partial charge on any atom is 0.407 e. The Morgan fingerprint density at radius 3 is 1.33 bits per heavy atom. The number of carbonyl (C=O) groups excluding carboxylic acids is 10. The zero-order valence-electron chi connectivity index (χ0n) is 45.8. The average molecular weight is 1140 g/mol. The van der Waals surface area contributed by atoms with E-state index in [4.69, 9.17) is 19.9 Å². The highest BCUT2D eigenvalue weighted by Gasteiger charge is 2.36. The van der Waals surface area contributed by atoms with Gasteiger partial charge < -0.3 is 78.2 Å². The topological polar surface area (TPSA) is 365 Å². The zero-order chi connectivity index (χ0) is 57.7. The van der Waals surface area contributed by atoms with Crippen LogP contribution >= 0.6 is 15.9 Å². The smallest absolute Gasteiger partial charge is 0.407 e. The van der Waals surface area contributed by atoms with Crippen molar-refractivity contribution in [3.8, 4) is 0 Å². The molecule has 25 nitrogen and oxygen atoms in total. The molecule has 1 aliphatic heterocycles. The predicted molar refractivity (Wildman–Crippen MR) is 283 cm³/mol. The monoisotopic (exact) mass is 1140 g/mol. The molecule has 0 radical (unpaired) electrons. The summed E-state index contributed by atoms with van der Waals surface area (Å²) in [6.45, 7) is 18.6. The van der Waals surface area contributed by atoms with Gasteiger partial charge in [0.2, 0.25) is 41.4 Å². The van der Waals surface area contributed by atoms with Crippen LogP contribution in [0.3, 0.4) is 0 Å². The molecule has 0 aromatic heterocycles. The lowest BCUT2D eigenvalue weighted by atomic mass is 10.00. The largest absolute Gasteiger partial charge is 0.444 e. The molecular formula is C50H82BrN11O14. The Morgan fingerprint density at radius 1 is 0.579 bits per heavy atom. The molecule has 8 atom stereocenters. The van der Waals surface area contributed by atoms with E-state index in [1.807, 2.05) is 0 Å². The van der Waals surface area contributed by atoms with E-state index in [-0.39, 0.29) is 70.6 Å². The van der Waals surface area contributed by atoms with Gasteiger partial charge in [0.15, 0.2) is 0 Å². The first-order chi connectivity index (χ1) is 35.1. The number of hydrogen-bond donors (Lipinski definition) is 12. The number of rotatable bonds is 14. The van der Waals surface area contributed by atoms with Crippen LogP contribution in [-0.4, -0.2) is 156 Å². The van der Waals surface area contributed by atoms with Gasteiger partial charge in [-0.1, -0.05) is 41.9 Å². The second-order valence-electron chi connectivity index (χ2n) is 21.8. The lowest BCUT2D eigenvalue weighted by molar-refractivity contribution is -0.136. The normalized spacial score (nSPS) is 22.7. The molecule has 428 valence electrons. The van der Waals surface area contributed by atoms with Crippen molar-refractivity contribution in [3.63, 3.8) is 0 Å². The van der Waals surface area contributed by atoms with Crippen molar-refractivity contribution in [2.45, 2.75) is 187 Å². The molecule has 0 spiro atoms. The van der Waals surface area contributed by atoms with E-state index in [9.17, 15) is 53.1 Å². The standard InChI is InChI=1S/C50H82BrN11O14/c1-27(2)25-35-42(68)59-33(19-23-55-46(72)75-49(7,8)9)39(65)58-34(20-24-56-47(73)76-50(10,11)12)41(67)62-37(28(3)63)44(70)53-21-17-31(52)38(64)57-32(18-22-54-45(71)74-48(4,5)6)40(66)61-36(43(69)60-35)26-29-13-15-30(51)16-14-29/h13-16,27-28,31-37,63H,17-26,52H2,1-12H3,(H,53,70)(H,54,71)(H,55,72)(H,56,73)(H,57,64)(H,58,65)(H,59,68)(H,60,69)(H,61,66)(H,62,67)/t28?,31-,32-,33-,34-,35-,36+,37-/m0/s1. The van der Waals surface area contributed by atoms with Crippen molar-refractivity contribution in [1.82, 2.24) is 53.2 Å². The Labute approximate surface area is 453 Å². The number of amides is 10. The summed E-state index contributed by atoms with van der Waals surface area (Å²) in [5.74, 6) is -6.60. The van der Waals surface area contributed by atoms with Crippen LogP contribution in [-0.2, 0) is 54.2 Å². The lowest BCUT2D eigenvalue weighted by Gasteiger charge is -2.29. The summed E-state index contributed by atoms with van der Waals surface area (Å²) in [6.07, 6.45) is -5.23. The van der Waals surface area contributed by atoms with Gasteiger partial charge in [0.25, 0.3) is 0 Å². The first-order valence-corrected chi connectivity index (χ1v) is 26.1. The van der Waals surface area contributed by atoms with Crippen LogP contribution in [0, 0.1) is 5.92 Å². The third-order valence-corrected chi connectivity index (χ3v) is 11.2. The molecule has 26 heteroatoms. The van der Waals surface area contributed by atoms with E-state index < -0.39 is 125 Å². The highest BCUT2D eigenvalue weighted by atomic mass is 79.9. The van der Waals surface area contributed by atoms with Crippen LogP contribution in [0.5, 0.6) is 0 Å². The molecule has 0 aliphatic carbocycles. The van der Waals surface area contributed by atoms with Gasteiger partial charge in [-0.2, -0.15) is 0 Å². The minimum absolute atomic E-state index is 0.00190. The molecular weight excluding hydrogens is 1060 g/mol. The molecule has 1 heterocycles. The maximum absolute atomic E-state index is 14.5. The van der Waals surface area contributed by atoms with Crippen molar-refractivity contribution >= 4 is 75.6 Å². The van der Waals surface area contributed by atoms with Gasteiger partial charge in [-0.3, -0.25) is 33.6 Å². The van der Waals surface area contributed by atoms with E-state index in [1.54, 1.807) is 100 Å².